The molecule has 0 amide bonds. The van der Waals surface area contributed by atoms with Crippen molar-refractivity contribution < 1.29 is 36.7 Å². The molecule has 9 heteroatoms. The number of hydrogen-bond acceptors (Lipinski definition) is 6. The van der Waals surface area contributed by atoms with E-state index >= 15 is 0 Å². The van der Waals surface area contributed by atoms with Crippen molar-refractivity contribution >= 4 is 27.4 Å². The molecule has 0 aliphatic rings. The first-order chi connectivity index (χ1) is 10.7. The SMILES string of the molecule is O=C(O)C(=O)CC(=O)c1ccc(S(=O)(=O)c2ccc(F)cc2)o1. The van der Waals surface area contributed by atoms with Crippen LogP contribution in [0.2, 0.25) is 0 Å². The van der Waals surface area contributed by atoms with Crippen LogP contribution in [-0.2, 0) is 19.4 Å². The van der Waals surface area contributed by atoms with Crippen molar-refractivity contribution in [1.29, 1.82) is 0 Å². The monoisotopic (exact) mass is 340 g/mol. The van der Waals surface area contributed by atoms with Gasteiger partial charge < -0.3 is 9.52 Å². The minimum atomic E-state index is -4.10. The van der Waals surface area contributed by atoms with Gasteiger partial charge in [0.1, 0.15) is 5.82 Å². The van der Waals surface area contributed by atoms with Crippen molar-refractivity contribution in [3.05, 3.63) is 48.0 Å². The van der Waals surface area contributed by atoms with Crippen molar-refractivity contribution in [3.8, 4) is 0 Å². The van der Waals surface area contributed by atoms with Crippen LogP contribution in [0.1, 0.15) is 17.0 Å². The van der Waals surface area contributed by atoms with Gasteiger partial charge in [0.2, 0.25) is 26.5 Å². The Bertz CT molecular complexity index is 878. The summed E-state index contributed by atoms with van der Waals surface area (Å²) in [6.45, 7) is 0. The lowest BCUT2D eigenvalue weighted by Crippen LogP contribution is -2.16. The Morgan fingerprint density at radius 3 is 2.22 bits per heavy atom. The molecular formula is C14H9FO7S. The number of hydrogen-bond donors (Lipinski definition) is 1. The Morgan fingerprint density at radius 2 is 1.65 bits per heavy atom. The van der Waals surface area contributed by atoms with E-state index < -0.39 is 50.5 Å². The Hall–Kier alpha value is -2.81. The molecule has 1 aromatic carbocycles. The highest BCUT2D eigenvalue weighted by atomic mass is 32.2. The highest BCUT2D eigenvalue weighted by molar-refractivity contribution is 7.91. The molecule has 120 valence electrons. The molecule has 2 rings (SSSR count). The number of carbonyl (C=O) groups is 3. The summed E-state index contributed by atoms with van der Waals surface area (Å²) in [5.41, 5.74) is 0. The Labute approximate surface area is 129 Å². The first-order valence-corrected chi connectivity index (χ1v) is 7.60. The van der Waals surface area contributed by atoms with Crippen LogP contribution in [0.25, 0.3) is 0 Å². The molecule has 1 aromatic heterocycles. The van der Waals surface area contributed by atoms with Crippen LogP contribution in [0, 0.1) is 5.82 Å². The Morgan fingerprint density at radius 1 is 1.04 bits per heavy atom. The standard InChI is InChI=1S/C14H9FO7S/c15-8-1-3-9(4-2-8)23(20,21)13-6-5-12(22-13)10(16)7-11(17)14(18)19/h1-6H,7H2,(H,18,19). The lowest BCUT2D eigenvalue weighted by Gasteiger charge is -2.01. The highest BCUT2D eigenvalue weighted by Crippen LogP contribution is 2.23. The van der Waals surface area contributed by atoms with Crippen molar-refractivity contribution in [2.45, 2.75) is 16.4 Å². The summed E-state index contributed by atoms with van der Waals surface area (Å²) in [5, 5.41) is 7.85. The molecule has 1 N–H and O–H groups in total. The van der Waals surface area contributed by atoms with Gasteiger partial charge in [-0.1, -0.05) is 0 Å². The summed E-state index contributed by atoms with van der Waals surface area (Å²) in [7, 11) is -4.10. The average molecular weight is 340 g/mol. The third-order valence-electron chi connectivity index (χ3n) is 2.80. The van der Waals surface area contributed by atoms with E-state index in [0.717, 1.165) is 36.4 Å². The topological polar surface area (TPSA) is 119 Å². The van der Waals surface area contributed by atoms with Gasteiger partial charge in [-0.15, -0.1) is 0 Å². The second-order valence-electron chi connectivity index (χ2n) is 4.40. The summed E-state index contributed by atoms with van der Waals surface area (Å²) in [5.74, 6) is -5.15. The van der Waals surface area contributed by atoms with Crippen LogP contribution in [-0.4, -0.2) is 31.1 Å². The number of benzene rings is 1. The molecule has 0 radical (unpaired) electrons. The molecule has 0 saturated heterocycles. The van der Waals surface area contributed by atoms with Gasteiger partial charge in [-0.2, -0.15) is 0 Å². The minimum absolute atomic E-state index is 0.242. The quantitative estimate of drug-likeness (QED) is 0.366. The van der Waals surface area contributed by atoms with E-state index in [1.54, 1.807) is 0 Å². The normalized spacial score (nSPS) is 11.2. The zero-order chi connectivity index (χ0) is 17.2. The van der Waals surface area contributed by atoms with Gasteiger partial charge in [0.15, 0.2) is 5.76 Å². The first-order valence-electron chi connectivity index (χ1n) is 6.11. The lowest BCUT2D eigenvalue weighted by atomic mass is 10.2. The molecule has 0 aliphatic heterocycles. The van der Waals surface area contributed by atoms with Crippen LogP contribution in [0.3, 0.4) is 0 Å². The van der Waals surface area contributed by atoms with Gasteiger partial charge in [0.25, 0.3) is 0 Å². The smallest absolute Gasteiger partial charge is 0.372 e. The first kappa shape index (κ1) is 16.6. The predicted octanol–water partition coefficient (Wildman–Crippen LogP) is 1.48. The fourth-order valence-electron chi connectivity index (χ4n) is 1.65. The van der Waals surface area contributed by atoms with E-state index in [9.17, 15) is 27.2 Å². The van der Waals surface area contributed by atoms with Gasteiger partial charge in [-0.05, 0) is 36.4 Å². The van der Waals surface area contributed by atoms with Crippen LogP contribution in [0.5, 0.6) is 0 Å². The number of carboxylic acids is 1. The van der Waals surface area contributed by atoms with E-state index in [1.807, 2.05) is 0 Å². The van der Waals surface area contributed by atoms with E-state index in [1.165, 1.54) is 0 Å². The van der Waals surface area contributed by atoms with Crippen LogP contribution in [0.15, 0.2) is 50.8 Å². The number of furan rings is 1. The maximum Gasteiger partial charge on any atom is 0.372 e. The van der Waals surface area contributed by atoms with Crippen molar-refractivity contribution in [2.24, 2.45) is 0 Å². The maximum atomic E-state index is 12.8. The largest absolute Gasteiger partial charge is 0.475 e. The Kier molecular flexibility index (Phi) is 4.41. The summed E-state index contributed by atoms with van der Waals surface area (Å²) in [6, 6.07) is 5.98. The van der Waals surface area contributed by atoms with E-state index in [2.05, 4.69) is 0 Å². The number of Topliss-reactive ketones (excluding diaryl/α,β-unsaturated/α-hetero) is 2. The van der Waals surface area contributed by atoms with Gasteiger partial charge in [-0.25, -0.2) is 17.6 Å². The van der Waals surface area contributed by atoms with E-state index in [0.29, 0.717) is 0 Å². The molecule has 0 bridgehead atoms. The summed E-state index contributed by atoms with van der Waals surface area (Å²) >= 11 is 0. The molecule has 0 spiro atoms. The lowest BCUT2D eigenvalue weighted by molar-refractivity contribution is -0.148. The average Bonchev–Trinajstić information content (AvgIpc) is 2.98. The van der Waals surface area contributed by atoms with Gasteiger partial charge in [-0.3, -0.25) is 9.59 Å². The van der Waals surface area contributed by atoms with Crippen molar-refractivity contribution in [1.82, 2.24) is 0 Å². The van der Waals surface area contributed by atoms with E-state index in [4.69, 9.17) is 9.52 Å². The highest BCUT2D eigenvalue weighted by Gasteiger charge is 2.25. The number of aliphatic carboxylic acids is 1. The maximum absolute atomic E-state index is 12.8. The second-order valence-corrected chi connectivity index (χ2v) is 6.28. The summed E-state index contributed by atoms with van der Waals surface area (Å²) in [6.07, 6.45) is -0.946. The Balaban J connectivity index is 2.28. The fourth-order valence-corrected chi connectivity index (χ4v) is 2.83. The number of ketones is 2. The molecule has 7 nitrogen and oxygen atoms in total. The molecule has 0 fully saturated rings. The molecule has 0 atom stereocenters. The van der Waals surface area contributed by atoms with E-state index in [-0.39, 0.29) is 4.90 Å². The molecule has 1 heterocycles. The van der Waals surface area contributed by atoms with Crippen molar-refractivity contribution in [2.75, 3.05) is 0 Å². The minimum Gasteiger partial charge on any atom is -0.475 e. The van der Waals surface area contributed by atoms with Crippen molar-refractivity contribution in [3.63, 3.8) is 0 Å². The van der Waals surface area contributed by atoms with Crippen LogP contribution in [0.4, 0.5) is 4.39 Å². The number of sulfone groups is 1. The number of rotatable bonds is 6. The van der Waals surface area contributed by atoms with Crippen LogP contribution < -0.4 is 0 Å². The molecule has 0 unspecified atom stereocenters. The predicted molar refractivity (Wildman–Crippen MR) is 72.2 cm³/mol. The molecule has 2 aromatic rings. The number of carbonyl (C=O) groups excluding carboxylic acids is 2. The molecule has 0 saturated carbocycles. The molecule has 23 heavy (non-hydrogen) atoms. The molecule has 0 aliphatic carbocycles. The van der Waals surface area contributed by atoms with Gasteiger partial charge in [0, 0.05) is 0 Å². The zero-order valence-electron chi connectivity index (χ0n) is 11.4. The van der Waals surface area contributed by atoms with Gasteiger partial charge in [0.05, 0.1) is 11.3 Å². The zero-order valence-corrected chi connectivity index (χ0v) is 12.2. The summed E-state index contributed by atoms with van der Waals surface area (Å²) in [4.78, 5) is 32.8. The number of halogens is 1. The van der Waals surface area contributed by atoms with Gasteiger partial charge >= 0.3 is 5.97 Å². The molecular weight excluding hydrogens is 331 g/mol. The number of carboxylic acid groups (broad SMARTS) is 1. The van der Waals surface area contributed by atoms with Crippen LogP contribution >= 0.6 is 0 Å². The third kappa shape index (κ3) is 3.51. The second kappa shape index (κ2) is 6.13. The fraction of sp³-hybridized carbons (Fsp3) is 0.0714. The third-order valence-corrected chi connectivity index (χ3v) is 4.45. The summed E-state index contributed by atoms with van der Waals surface area (Å²) < 4.78 is 42.2.